The van der Waals surface area contributed by atoms with Crippen LogP contribution in [0.4, 0.5) is 0 Å². The molecular weight excluding hydrogens is 258 g/mol. The average molecular weight is 277 g/mol. The predicted octanol–water partition coefficient (Wildman–Crippen LogP) is -0.0938. The number of aromatic carboxylic acids is 1. The van der Waals surface area contributed by atoms with Crippen molar-refractivity contribution in [2.45, 2.75) is 6.54 Å². The third-order valence-corrected chi connectivity index (χ3v) is 3.27. The van der Waals surface area contributed by atoms with Gasteiger partial charge in [0.2, 0.25) is 5.91 Å². The second-order valence-corrected chi connectivity index (χ2v) is 4.80. The van der Waals surface area contributed by atoms with Crippen molar-refractivity contribution in [3.8, 4) is 0 Å². The molecule has 0 bridgehead atoms. The van der Waals surface area contributed by atoms with Crippen LogP contribution < -0.4 is 10.6 Å². The first-order valence-corrected chi connectivity index (χ1v) is 6.67. The van der Waals surface area contributed by atoms with Crippen molar-refractivity contribution in [3.63, 3.8) is 0 Å². The molecule has 6 heteroatoms. The Labute approximate surface area is 117 Å². The van der Waals surface area contributed by atoms with Crippen LogP contribution in [0.1, 0.15) is 15.9 Å². The van der Waals surface area contributed by atoms with Gasteiger partial charge in [-0.3, -0.25) is 9.69 Å². The quantitative estimate of drug-likeness (QED) is 0.700. The molecule has 0 spiro atoms. The Kier molecular flexibility index (Phi) is 5.09. The number of amides is 1. The number of piperazine rings is 1. The van der Waals surface area contributed by atoms with E-state index in [2.05, 4.69) is 15.5 Å². The molecule has 2 rings (SSSR count). The molecule has 3 N–H and O–H groups in total. The second-order valence-electron chi connectivity index (χ2n) is 4.80. The van der Waals surface area contributed by atoms with Crippen LogP contribution in [-0.2, 0) is 11.3 Å². The first kappa shape index (κ1) is 14.5. The van der Waals surface area contributed by atoms with E-state index >= 15 is 0 Å². The summed E-state index contributed by atoms with van der Waals surface area (Å²) in [6, 6.07) is 6.52. The van der Waals surface area contributed by atoms with Crippen LogP contribution in [0.2, 0.25) is 0 Å². The topological polar surface area (TPSA) is 81.7 Å². The molecule has 1 aromatic rings. The molecule has 6 nitrogen and oxygen atoms in total. The van der Waals surface area contributed by atoms with Crippen LogP contribution in [0.15, 0.2) is 24.3 Å². The van der Waals surface area contributed by atoms with Crippen molar-refractivity contribution in [1.82, 2.24) is 15.5 Å². The maximum Gasteiger partial charge on any atom is 0.335 e. The van der Waals surface area contributed by atoms with E-state index in [0.717, 1.165) is 31.7 Å². The lowest BCUT2D eigenvalue weighted by atomic mass is 10.1. The van der Waals surface area contributed by atoms with Crippen molar-refractivity contribution in [3.05, 3.63) is 35.4 Å². The highest BCUT2D eigenvalue weighted by Crippen LogP contribution is 2.04. The maximum atomic E-state index is 11.8. The highest BCUT2D eigenvalue weighted by atomic mass is 16.4. The summed E-state index contributed by atoms with van der Waals surface area (Å²) in [5.41, 5.74) is 1.14. The number of hydrogen-bond donors (Lipinski definition) is 3. The van der Waals surface area contributed by atoms with Crippen molar-refractivity contribution >= 4 is 11.9 Å². The molecule has 108 valence electrons. The molecule has 0 aliphatic carbocycles. The Morgan fingerprint density at radius 2 is 1.85 bits per heavy atom. The number of carboxylic acids is 1. The van der Waals surface area contributed by atoms with Gasteiger partial charge >= 0.3 is 5.97 Å². The summed E-state index contributed by atoms with van der Waals surface area (Å²) in [6.45, 7) is 4.45. The zero-order valence-electron chi connectivity index (χ0n) is 11.3. The molecule has 0 aromatic heterocycles. The average Bonchev–Trinajstić information content (AvgIpc) is 2.46. The molecule has 0 atom stereocenters. The smallest absolute Gasteiger partial charge is 0.335 e. The normalized spacial score (nSPS) is 15.8. The summed E-state index contributed by atoms with van der Waals surface area (Å²) in [7, 11) is 0. The summed E-state index contributed by atoms with van der Waals surface area (Å²) in [5.74, 6) is -0.950. The summed E-state index contributed by atoms with van der Waals surface area (Å²) in [5, 5.41) is 14.9. The van der Waals surface area contributed by atoms with Gasteiger partial charge < -0.3 is 15.7 Å². The molecule has 1 heterocycles. The molecule has 0 radical (unpaired) electrons. The van der Waals surface area contributed by atoms with Gasteiger partial charge in [0.05, 0.1) is 12.1 Å². The van der Waals surface area contributed by atoms with Gasteiger partial charge in [0.15, 0.2) is 0 Å². The summed E-state index contributed by atoms with van der Waals surface area (Å²) in [4.78, 5) is 24.6. The van der Waals surface area contributed by atoms with Gasteiger partial charge in [-0.25, -0.2) is 4.79 Å². The maximum absolute atomic E-state index is 11.8. The molecule has 20 heavy (non-hydrogen) atoms. The number of carboxylic acid groups (broad SMARTS) is 1. The lowest BCUT2D eigenvalue weighted by Gasteiger charge is -2.26. The van der Waals surface area contributed by atoms with E-state index in [9.17, 15) is 9.59 Å². The van der Waals surface area contributed by atoms with E-state index in [1.165, 1.54) is 0 Å². The van der Waals surface area contributed by atoms with Gasteiger partial charge in [-0.2, -0.15) is 0 Å². The lowest BCUT2D eigenvalue weighted by Crippen LogP contribution is -2.47. The van der Waals surface area contributed by atoms with E-state index in [1.54, 1.807) is 24.3 Å². The fourth-order valence-corrected chi connectivity index (χ4v) is 2.09. The Balaban J connectivity index is 1.76. The molecule has 1 fully saturated rings. The standard InChI is InChI=1S/C14H19N3O3/c18-13(10-17-7-5-15-6-8-17)16-9-11-1-3-12(4-2-11)14(19)20/h1-4,15H,5-10H2,(H,16,18)(H,19,20). The minimum atomic E-state index is -0.945. The number of rotatable bonds is 5. The summed E-state index contributed by atoms with van der Waals surface area (Å²) in [6.07, 6.45) is 0. The van der Waals surface area contributed by atoms with Crippen molar-refractivity contribution in [1.29, 1.82) is 0 Å². The van der Waals surface area contributed by atoms with Gasteiger partial charge in [0, 0.05) is 32.7 Å². The highest BCUT2D eigenvalue weighted by molar-refractivity contribution is 5.87. The number of carbonyl (C=O) groups is 2. The zero-order chi connectivity index (χ0) is 14.4. The van der Waals surface area contributed by atoms with Crippen LogP contribution in [0.25, 0.3) is 0 Å². The molecular formula is C14H19N3O3. The molecule has 0 unspecified atom stereocenters. The molecule has 0 saturated carbocycles. The van der Waals surface area contributed by atoms with Crippen LogP contribution in [0.5, 0.6) is 0 Å². The number of nitrogens with one attached hydrogen (secondary N) is 2. The number of nitrogens with zero attached hydrogens (tertiary/aromatic N) is 1. The van der Waals surface area contributed by atoms with Crippen LogP contribution in [-0.4, -0.2) is 54.6 Å². The van der Waals surface area contributed by atoms with Crippen LogP contribution in [0.3, 0.4) is 0 Å². The molecule has 1 amide bonds. The van der Waals surface area contributed by atoms with Crippen molar-refractivity contribution < 1.29 is 14.7 Å². The number of carbonyl (C=O) groups excluding carboxylic acids is 1. The van der Waals surface area contributed by atoms with E-state index in [0.29, 0.717) is 13.1 Å². The van der Waals surface area contributed by atoms with Gasteiger partial charge in [0.1, 0.15) is 0 Å². The first-order valence-electron chi connectivity index (χ1n) is 6.67. The van der Waals surface area contributed by atoms with E-state index < -0.39 is 5.97 Å². The van der Waals surface area contributed by atoms with Crippen molar-refractivity contribution in [2.75, 3.05) is 32.7 Å². The fraction of sp³-hybridized carbons (Fsp3) is 0.429. The second kappa shape index (κ2) is 7.02. The zero-order valence-corrected chi connectivity index (χ0v) is 11.3. The van der Waals surface area contributed by atoms with Gasteiger partial charge in [-0.1, -0.05) is 12.1 Å². The SMILES string of the molecule is O=C(CN1CCNCC1)NCc1ccc(C(=O)O)cc1. The van der Waals surface area contributed by atoms with Crippen molar-refractivity contribution in [2.24, 2.45) is 0 Å². The third-order valence-electron chi connectivity index (χ3n) is 3.27. The van der Waals surface area contributed by atoms with Crippen LogP contribution >= 0.6 is 0 Å². The van der Waals surface area contributed by atoms with E-state index in [-0.39, 0.29) is 11.5 Å². The molecule has 1 aliphatic rings. The summed E-state index contributed by atoms with van der Waals surface area (Å²) >= 11 is 0. The van der Waals surface area contributed by atoms with Gasteiger partial charge in [0.25, 0.3) is 0 Å². The Morgan fingerprint density at radius 3 is 2.45 bits per heavy atom. The minimum Gasteiger partial charge on any atom is -0.478 e. The number of benzene rings is 1. The highest BCUT2D eigenvalue weighted by Gasteiger charge is 2.13. The number of hydrogen-bond acceptors (Lipinski definition) is 4. The molecule has 1 aliphatic heterocycles. The van der Waals surface area contributed by atoms with E-state index in [1.807, 2.05) is 0 Å². The fourth-order valence-electron chi connectivity index (χ4n) is 2.09. The molecule has 1 aromatic carbocycles. The molecule has 1 saturated heterocycles. The Morgan fingerprint density at radius 1 is 1.20 bits per heavy atom. The summed E-state index contributed by atoms with van der Waals surface area (Å²) < 4.78 is 0. The van der Waals surface area contributed by atoms with E-state index in [4.69, 9.17) is 5.11 Å². The lowest BCUT2D eigenvalue weighted by molar-refractivity contribution is -0.122. The Hall–Kier alpha value is -1.92. The van der Waals surface area contributed by atoms with Gasteiger partial charge in [-0.15, -0.1) is 0 Å². The third kappa shape index (κ3) is 4.32. The predicted molar refractivity (Wildman–Crippen MR) is 74.6 cm³/mol. The first-order chi connectivity index (χ1) is 9.65. The minimum absolute atomic E-state index is 0.00536. The van der Waals surface area contributed by atoms with Gasteiger partial charge in [-0.05, 0) is 17.7 Å². The van der Waals surface area contributed by atoms with Crippen LogP contribution in [0, 0.1) is 0 Å². The largest absolute Gasteiger partial charge is 0.478 e. The Bertz CT molecular complexity index is 467. The monoisotopic (exact) mass is 277 g/mol.